The van der Waals surface area contributed by atoms with Crippen LogP contribution in [-0.4, -0.2) is 54.9 Å². The van der Waals surface area contributed by atoms with Crippen molar-refractivity contribution < 1.29 is 19.4 Å². The molecule has 1 atom stereocenters. The summed E-state index contributed by atoms with van der Waals surface area (Å²) in [5.41, 5.74) is 0. The van der Waals surface area contributed by atoms with E-state index in [2.05, 4.69) is 15.9 Å². The van der Waals surface area contributed by atoms with Crippen LogP contribution in [0.4, 0.5) is 0 Å². The van der Waals surface area contributed by atoms with Gasteiger partial charge in [-0.25, -0.2) is 0 Å². The molecule has 0 spiro atoms. The van der Waals surface area contributed by atoms with Gasteiger partial charge in [-0.15, -0.1) is 0 Å². The molecule has 0 radical (unpaired) electrons. The SMILES string of the molecule is O=C(CCOc1cccc(Br)c1)N1CCOCC1CO. The highest BCUT2D eigenvalue weighted by Crippen LogP contribution is 2.18. The van der Waals surface area contributed by atoms with Gasteiger partial charge >= 0.3 is 0 Å². The van der Waals surface area contributed by atoms with E-state index in [-0.39, 0.29) is 18.6 Å². The summed E-state index contributed by atoms with van der Waals surface area (Å²) in [6, 6.07) is 7.26. The maximum Gasteiger partial charge on any atom is 0.226 e. The van der Waals surface area contributed by atoms with Crippen molar-refractivity contribution in [1.29, 1.82) is 0 Å². The predicted octanol–water partition coefficient (Wildman–Crippen LogP) is 1.44. The van der Waals surface area contributed by atoms with E-state index < -0.39 is 0 Å². The molecule has 1 aromatic rings. The van der Waals surface area contributed by atoms with E-state index in [1.165, 1.54) is 0 Å². The van der Waals surface area contributed by atoms with Crippen LogP contribution >= 0.6 is 15.9 Å². The van der Waals surface area contributed by atoms with Gasteiger partial charge in [-0.3, -0.25) is 4.79 Å². The lowest BCUT2D eigenvalue weighted by molar-refractivity contribution is -0.142. The standard InChI is InChI=1S/C14H18BrNO4/c15-11-2-1-3-13(8-11)20-6-4-14(18)16-5-7-19-10-12(16)9-17/h1-3,8,12,17H,4-7,9-10H2. The molecule has 0 saturated carbocycles. The molecular formula is C14H18BrNO4. The largest absolute Gasteiger partial charge is 0.493 e. The number of ether oxygens (including phenoxy) is 2. The predicted molar refractivity (Wildman–Crippen MR) is 77.7 cm³/mol. The average molecular weight is 344 g/mol. The fourth-order valence-corrected chi connectivity index (χ4v) is 2.47. The summed E-state index contributed by atoms with van der Waals surface area (Å²) in [5.74, 6) is 0.718. The van der Waals surface area contributed by atoms with Crippen LogP contribution in [0.1, 0.15) is 6.42 Å². The van der Waals surface area contributed by atoms with Gasteiger partial charge < -0.3 is 19.5 Å². The first-order chi connectivity index (χ1) is 9.70. The number of carbonyl (C=O) groups is 1. The van der Waals surface area contributed by atoms with E-state index in [9.17, 15) is 9.90 Å². The molecule has 1 aliphatic rings. The quantitative estimate of drug-likeness (QED) is 0.878. The van der Waals surface area contributed by atoms with Crippen LogP contribution in [-0.2, 0) is 9.53 Å². The van der Waals surface area contributed by atoms with Crippen molar-refractivity contribution in [2.24, 2.45) is 0 Å². The Morgan fingerprint density at radius 3 is 3.15 bits per heavy atom. The zero-order valence-corrected chi connectivity index (χ0v) is 12.7. The minimum Gasteiger partial charge on any atom is -0.493 e. The average Bonchev–Trinajstić information content (AvgIpc) is 2.47. The van der Waals surface area contributed by atoms with Crippen LogP contribution in [0.15, 0.2) is 28.7 Å². The summed E-state index contributed by atoms with van der Waals surface area (Å²) >= 11 is 3.37. The number of rotatable bonds is 5. The fraction of sp³-hybridized carbons (Fsp3) is 0.500. The van der Waals surface area contributed by atoms with Crippen molar-refractivity contribution in [3.63, 3.8) is 0 Å². The van der Waals surface area contributed by atoms with Gasteiger partial charge in [0.2, 0.25) is 5.91 Å². The summed E-state index contributed by atoms with van der Waals surface area (Å²) in [7, 11) is 0. The first-order valence-corrected chi connectivity index (χ1v) is 7.36. The van der Waals surface area contributed by atoms with Crippen molar-refractivity contribution in [3.05, 3.63) is 28.7 Å². The number of hydrogen-bond acceptors (Lipinski definition) is 4. The Bertz CT molecular complexity index is 455. The van der Waals surface area contributed by atoms with Crippen molar-refractivity contribution >= 4 is 21.8 Å². The highest BCUT2D eigenvalue weighted by atomic mass is 79.9. The monoisotopic (exact) mass is 343 g/mol. The number of carbonyl (C=O) groups excluding carboxylic acids is 1. The molecule has 1 N–H and O–H groups in total. The van der Waals surface area contributed by atoms with Gasteiger partial charge in [0.15, 0.2) is 0 Å². The van der Waals surface area contributed by atoms with Crippen LogP contribution in [0, 0.1) is 0 Å². The molecule has 1 aromatic carbocycles. The highest BCUT2D eigenvalue weighted by Gasteiger charge is 2.26. The van der Waals surface area contributed by atoms with E-state index in [0.717, 1.165) is 10.2 Å². The molecule has 6 heteroatoms. The summed E-state index contributed by atoms with van der Waals surface area (Å²) < 4.78 is 11.7. The molecule has 1 fully saturated rings. The van der Waals surface area contributed by atoms with E-state index >= 15 is 0 Å². The van der Waals surface area contributed by atoms with Crippen LogP contribution in [0.3, 0.4) is 0 Å². The maximum atomic E-state index is 12.1. The normalized spacial score (nSPS) is 18.9. The first-order valence-electron chi connectivity index (χ1n) is 6.57. The molecule has 20 heavy (non-hydrogen) atoms. The zero-order chi connectivity index (χ0) is 14.4. The number of hydrogen-bond donors (Lipinski definition) is 1. The molecule has 110 valence electrons. The maximum absolute atomic E-state index is 12.1. The summed E-state index contributed by atoms with van der Waals surface area (Å²) in [6.07, 6.45) is 0.295. The van der Waals surface area contributed by atoms with Gasteiger partial charge in [-0.1, -0.05) is 22.0 Å². The Hall–Kier alpha value is -1.11. The van der Waals surface area contributed by atoms with Crippen LogP contribution in [0.25, 0.3) is 0 Å². The van der Waals surface area contributed by atoms with Gasteiger partial charge in [-0.05, 0) is 18.2 Å². The van der Waals surface area contributed by atoms with Crippen molar-refractivity contribution in [2.75, 3.05) is 33.0 Å². The highest BCUT2D eigenvalue weighted by molar-refractivity contribution is 9.10. The Morgan fingerprint density at radius 1 is 1.55 bits per heavy atom. The molecule has 1 heterocycles. The first kappa shape index (κ1) is 15.3. The number of halogens is 1. The van der Waals surface area contributed by atoms with E-state index in [4.69, 9.17) is 9.47 Å². The molecule has 1 unspecified atom stereocenters. The van der Waals surface area contributed by atoms with Gasteiger partial charge in [0, 0.05) is 11.0 Å². The number of nitrogens with zero attached hydrogens (tertiary/aromatic N) is 1. The Labute approximate surface area is 126 Å². The molecule has 1 saturated heterocycles. The molecule has 0 aromatic heterocycles. The topological polar surface area (TPSA) is 59.0 Å². The second kappa shape index (κ2) is 7.61. The Balaban J connectivity index is 1.79. The molecule has 1 amide bonds. The number of aliphatic hydroxyl groups excluding tert-OH is 1. The summed E-state index contributed by atoms with van der Waals surface area (Å²) in [5, 5.41) is 9.23. The minimum atomic E-state index is -0.234. The van der Waals surface area contributed by atoms with Crippen LogP contribution < -0.4 is 4.74 Å². The van der Waals surface area contributed by atoms with E-state index in [1.807, 2.05) is 24.3 Å². The van der Waals surface area contributed by atoms with E-state index in [0.29, 0.717) is 32.8 Å². The van der Waals surface area contributed by atoms with Crippen molar-refractivity contribution in [2.45, 2.75) is 12.5 Å². The second-order valence-corrected chi connectivity index (χ2v) is 5.47. The number of amides is 1. The van der Waals surface area contributed by atoms with E-state index in [1.54, 1.807) is 4.90 Å². The number of morpholine rings is 1. The molecular weight excluding hydrogens is 326 g/mol. The fourth-order valence-electron chi connectivity index (χ4n) is 2.09. The lowest BCUT2D eigenvalue weighted by Gasteiger charge is -2.34. The smallest absolute Gasteiger partial charge is 0.226 e. The summed E-state index contributed by atoms with van der Waals surface area (Å²) in [4.78, 5) is 13.8. The van der Waals surface area contributed by atoms with Crippen molar-refractivity contribution in [1.82, 2.24) is 4.90 Å². The third-order valence-corrected chi connectivity index (χ3v) is 3.63. The van der Waals surface area contributed by atoms with Gasteiger partial charge in [0.1, 0.15) is 5.75 Å². The third-order valence-electron chi connectivity index (χ3n) is 3.14. The molecule has 0 aliphatic carbocycles. The number of benzene rings is 1. The molecule has 0 bridgehead atoms. The Kier molecular flexibility index (Phi) is 5.82. The van der Waals surface area contributed by atoms with Crippen molar-refractivity contribution in [3.8, 4) is 5.75 Å². The molecule has 1 aliphatic heterocycles. The van der Waals surface area contributed by atoms with Gasteiger partial charge in [0.05, 0.1) is 38.9 Å². The zero-order valence-electron chi connectivity index (χ0n) is 11.1. The molecule has 5 nitrogen and oxygen atoms in total. The Morgan fingerprint density at radius 2 is 2.40 bits per heavy atom. The van der Waals surface area contributed by atoms with Gasteiger partial charge in [-0.2, -0.15) is 0 Å². The number of aliphatic hydroxyl groups is 1. The van der Waals surface area contributed by atoms with Crippen LogP contribution in [0.5, 0.6) is 5.75 Å². The second-order valence-electron chi connectivity index (χ2n) is 4.55. The lowest BCUT2D eigenvalue weighted by Crippen LogP contribution is -2.50. The minimum absolute atomic E-state index is 0.0117. The summed E-state index contributed by atoms with van der Waals surface area (Å²) in [6.45, 7) is 1.70. The third kappa shape index (κ3) is 4.19. The lowest BCUT2D eigenvalue weighted by atomic mass is 10.2. The van der Waals surface area contributed by atoms with Crippen LogP contribution in [0.2, 0.25) is 0 Å². The van der Waals surface area contributed by atoms with Gasteiger partial charge in [0.25, 0.3) is 0 Å². The molecule has 2 rings (SSSR count).